The summed E-state index contributed by atoms with van der Waals surface area (Å²) >= 11 is 0. The molecule has 0 N–H and O–H groups in total. The first-order chi connectivity index (χ1) is 14.2. The van der Waals surface area contributed by atoms with Crippen LogP contribution < -0.4 is 5.06 Å². The summed E-state index contributed by atoms with van der Waals surface area (Å²) in [6.45, 7) is 4.43. The summed E-state index contributed by atoms with van der Waals surface area (Å²) in [7, 11) is 1.82. The maximum absolute atomic E-state index is 7.00. The first-order valence-corrected chi connectivity index (χ1v) is 10.7. The van der Waals surface area contributed by atoms with Gasteiger partial charge in [0.15, 0.2) is 0 Å². The van der Waals surface area contributed by atoms with E-state index in [4.69, 9.17) is 9.57 Å². The van der Waals surface area contributed by atoms with Gasteiger partial charge in [0, 0.05) is 11.1 Å². The van der Waals surface area contributed by atoms with Crippen LogP contribution in [0.5, 0.6) is 0 Å². The number of hydrogen-bond acceptors (Lipinski definition) is 3. The van der Waals surface area contributed by atoms with E-state index in [-0.39, 0.29) is 17.6 Å². The zero-order valence-corrected chi connectivity index (χ0v) is 17.5. The Balaban J connectivity index is 1.75. The van der Waals surface area contributed by atoms with E-state index in [0.717, 1.165) is 24.3 Å². The van der Waals surface area contributed by atoms with E-state index in [0.29, 0.717) is 0 Å². The molecule has 150 valence electrons. The molecule has 1 saturated carbocycles. The number of methoxy groups -OCH3 is 1. The Bertz CT molecular complexity index is 959. The number of anilines is 1. The van der Waals surface area contributed by atoms with Gasteiger partial charge in [0.1, 0.15) is 11.4 Å². The Labute approximate surface area is 173 Å². The molecule has 2 fully saturated rings. The Morgan fingerprint density at radius 3 is 2.34 bits per heavy atom. The number of rotatable bonds is 3. The molecule has 2 aromatic rings. The standard InChI is InChI=1S/C26H29NO2/c1-18(2)22-23-24(19-12-6-4-7-13-19)27(20-14-8-5-9-15-20)29-26(23)17-11-10-16-21(26)25(22)28-3/h4-9,12-15,23-24H,10-11,16-17H2,1-3H3/t23-,24+,26-/m0/s1. The predicted octanol–water partition coefficient (Wildman–Crippen LogP) is 6.36. The zero-order chi connectivity index (χ0) is 20.0. The summed E-state index contributed by atoms with van der Waals surface area (Å²) in [5.74, 6) is 1.32. The average Bonchev–Trinajstić information content (AvgIpc) is 3.23. The molecule has 0 radical (unpaired) electrons. The molecule has 1 aliphatic heterocycles. The monoisotopic (exact) mass is 387 g/mol. The molecule has 2 aromatic carbocycles. The van der Waals surface area contributed by atoms with Crippen LogP contribution in [0.3, 0.4) is 0 Å². The molecule has 0 bridgehead atoms. The molecule has 3 nitrogen and oxygen atoms in total. The van der Waals surface area contributed by atoms with Crippen molar-refractivity contribution in [3.63, 3.8) is 0 Å². The maximum atomic E-state index is 7.00. The van der Waals surface area contributed by atoms with Crippen molar-refractivity contribution in [2.45, 2.75) is 51.2 Å². The van der Waals surface area contributed by atoms with Crippen molar-refractivity contribution in [3.8, 4) is 0 Å². The highest BCUT2D eigenvalue weighted by Gasteiger charge is 2.64. The lowest BCUT2D eigenvalue weighted by Gasteiger charge is -2.34. The molecule has 0 amide bonds. The van der Waals surface area contributed by atoms with Crippen LogP contribution in [0.25, 0.3) is 0 Å². The third kappa shape index (κ3) is 2.67. The molecule has 1 heterocycles. The second-order valence-corrected chi connectivity index (χ2v) is 8.61. The van der Waals surface area contributed by atoms with Crippen molar-refractivity contribution in [3.05, 3.63) is 88.7 Å². The summed E-state index contributed by atoms with van der Waals surface area (Å²) in [4.78, 5) is 7.00. The van der Waals surface area contributed by atoms with E-state index < -0.39 is 0 Å². The van der Waals surface area contributed by atoms with E-state index in [9.17, 15) is 0 Å². The van der Waals surface area contributed by atoms with E-state index in [2.05, 4.69) is 79.6 Å². The fraction of sp³-hybridized carbons (Fsp3) is 0.385. The van der Waals surface area contributed by atoms with Crippen molar-refractivity contribution < 1.29 is 9.57 Å². The molecule has 0 unspecified atom stereocenters. The number of hydrogen-bond donors (Lipinski definition) is 0. The van der Waals surface area contributed by atoms with E-state index in [1.165, 1.54) is 35.1 Å². The van der Waals surface area contributed by atoms with Crippen molar-refractivity contribution in [2.75, 3.05) is 12.2 Å². The van der Waals surface area contributed by atoms with Gasteiger partial charge in [-0.15, -0.1) is 0 Å². The lowest BCUT2D eigenvalue weighted by molar-refractivity contribution is -0.0128. The Morgan fingerprint density at radius 1 is 1.00 bits per heavy atom. The quantitative estimate of drug-likeness (QED) is 0.612. The van der Waals surface area contributed by atoms with Crippen molar-refractivity contribution in [1.29, 1.82) is 0 Å². The number of ether oxygens (including phenoxy) is 1. The molecule has 3 aliphatic rings. The van der Waals surface area contributed by atoms with Gasteiger partial charge < -0.3 is 4.74 Å². The molecule has 1 spiro atoms. The number of nitrogens with zero attached hydrogens (tertiary/aromatic N) is 1. The molecule has 1 saturated heterocycles. The minimum Gasteiger partial charge on any atom is -0.496 e. The number of hydroxylamine groups is 1. The number of benzene rings is 2. The zero-order valence-electron chi connectivity index (χ0n) is 17.5. The van der Waals surface area contributed by atoms with Gasteiger partial charge in [0.05, 0.1) is 24.8 Å². The third-order valence-corrected chi connectivity index (χ3v) is 6.79. The van der Waals surface area contributed by atoms with Crippen LogP contribution >= 0.6 is 0 Å². The first-order valence-electron chi connectivity index (χ1n) is 10.7. The fourth-order valence-electron chi connectivity index (χ4n) is 5.71. The molecule has 3 heteroatoms. The summed E-state index contributed by atoms with van der Waals surface area (Å²) in [6, 6.07) is 21.5. The summed E-state index contributed by atoms with van der Waals surface area (Å²) in [6.07, 6.45) is 4.50. The van der Waals surface area contributed by atoms with E-state index >= 15 is 0 Å². The van der Waals surface area contributed by atoms with Crippen molar-refractivity contribution >= 4 is 5.69 Å². The average molecular weight is 388 g/mol. The van der Waals surface area contributed by atoms with Gasteiger partial charge in [0.2, 0.25) is 0 Å². The Morgan fingerprint density at radius 2 is 1.69 bits per heavy atom. The molecule has 0 aromatic heterocycles. The van der Waals surface area contributed by atoms with E-state index in [1.807, 2.05) is 7.11 Å². The molecular weight excluding hydrogens is 358 g/mol. The highest BCUT2D eigenvalue weighted by atomic mass is 16.7. The van der Waals surface area contributed by atoms with Gasteiger partial charge in [-0.05, 0) is 57.2 Å². The minimum absolute atomic E-state index is 0.115. The molecule has 2 aliphatic carbocycles. The van der Waals surface area contributed by atoms with Gasteiger partial charge in [-0.25, -0.2) is 5.06 Å². The molecule has 3 atom stereocenters. The lowest BCUT2D eigenvalue weighted by atomic mass is 9.71. The van der Waals surface area contributed by atoms with Crippen LogP contribution in [-0.4, -0.2) is 12.7 Å². The van der Waals surface area contributed by atoms with Crippen LogP contribution in [0.2, 0.25) is 0 Å². The lowest BCUT2D eigenvalue weighted by Crippen LogP contribution is -2.38. The highest BCUT2D eigenvalue weighted by Crippen LogP contribution is 2.64. The maximum Gasteiger partial charge on any atom is 0.130 e. The van der Waals surface area contributed by atoms with Crippen LogP contribution in [0.4, 0.5) is 5.69 Å². The fourth-order valence-corrected chi connectivity index (χ4v) is 5.71. The summed E-state index contributed by atoms with van der Waals surface area (Å²) in [5.41, 5.74) is 6.14. The van der Waals surface area contributed by atoms with Gasteiger partial charge in [0.25, 0.3) is 0 Å². The van der Waals surface area contributed by atoms with Gasteiger partial charge in [-0.3, -0.25) is 4.84 Å². The minimum atomic E-state index is -0.299. The molecule has 29 heavy (non-hydrogen) atoms. The molecule has 5 rings (SSSR count). The van der Waals surface area contributed by atoms with Gasteiger partial charge in [-0.2, -0.15) is 0 Å². The van der Waals surface area contributed by atoms with Crippen molar-refractivity contribution in [2.24, 2.45) is 5.92 Å². The van der Waals surface area contributed by atoms with Crippen LogP contribution in [0, 0.1) is 5.92 Å². The Hall–Kier alpha value is -2.52. The van der Waals surface area contributed by atoms with Gasteiger partial charge >= 0.3 is 0 Å². The third-order valence-electron chi connectivity index (χ3n) is 6.79. The van der Waals surface area contributed by atoms with Crippen molar-refractivity contribution in [1.82, 2.24) is 0 Å². The second kappa shape index (κ2) is 7.07. The van der Waals surface area contributed by atoms with Gasteiger partial charge in [-0.1, -0.05) is 54.1 Å². The normalized spacial score (nSPS) is 28.4. The van der Waals surface area contributed by atoms with Crippen LogP contribution in [0.15, 0.2) is 83.1 Å². The first kappa shape index (κ1) is 18.5. The summed E-state index contributed by atoms with van der Waals surface area (Å²) < 4.78 is 6.03. The Kier molecular flexibility index (Phi) is 4.51. The van der Waals surface area contributed by atoms with Crippen LogP contribution in [0.1, 0.15) is 51.1 Å². The predicted molar refractivity (Wildman–Crippen MR) is 116 cm³/mol. The second-order valence-electron chi connectivity index (χ2n) is 8.61. The topological polar surface area (TPSA) is 21.7 Å². The number of para-hydroxylation sites is 1. The SMILES string of the molecule is COC1=C2CCCC[C@]23ON(c2ccccc2)[C@H](c2ccccc2)[C@@H]3C1=C(C)C. The van der Waals surface area contributed by atoms with Crippen LogP contribution in [-0.2, 0) is 9.57 Å². The molecular formula is C26H29NO2. The van der Waals surface area contributed by atoms with E-state index in [1.54, 1.807) is 0 Å². The number of allylic oxidation sites excluding steroid dienone is 2. The highest BCUT2D eigenvalue weighted by molar-refractivity contribution is 5.58. The largest absolute Gasteiger partial charge is 0.496 e. The summed E-state index contributed by atoms with van der Waals surface area (Å²) in [5, 5.41) is 2.18. The smallest absolute Gasteiger partial charge is 0.130 e.